The van der Waals surface area contributed by atoms with Crippen LogP contribution in [0.25, 0.3) is 33.3 Å². The monoisotopic (exact) mass is 490 g/mol. The third-order valence-electron chi connectivity index (χ3n) is 6.56. The van der Waals surface area contributed by atoms with Crippen molar-refractivity contribution in [3.8, 4) is 11.4 Å². The van der Waals surface area contributed by atoms with Crippen LogP contribution in [0.15, 0.2) is 24.5 Å². The van der Waals surface area contributed by atoms with E-state index in [9.17, 15) is 9.59 Å². The van der Waals surface area contributed by atoms with Gasteiger partial charge >= 0.3 is 6.09 Å². The fourth-order valence-electron chi connectivity index (χ4n) is 4.77. The van der Waals surface area contributed by atoms with Gasteiger partial charge in [-0.15, -0.1) is 0 Å². The Balaban J connectivity index is 1.52. The van der Waals surface area contributed by atoms with Crippen LogP contribution in [0.5, 0.6) is 0 Å². The molecular weight excluding hydrogens is 460 g/mol. The number of benzene rings is 1. The number of nitrogens with one attached hydrogen (secondary N) is 1. The Morgan fingerprint density at radius 2 is 1.89 bits per heavy atom. The van der Waals surface area contributed by atoms with Gasteiger partial charge in [0.1, 0.15) is 23.4 Å². The number of aromatic amines is 1. The van der Waals surface area contributed by atoms with Crippen LogP contribution in [0.1, 0.15) is 55.6 Å². The Hall–Kier alpha value is -4.15. The van der Waals surface area contributed by atoms with Gasteiger partial charge in [0, 0.05) is 29.6 Å². The molecule has 0 bridgehead atoms. The predicted octanol–water partition coefficient (Wildman–Crippen LogP) is 3.54. The molecule has 0 saturated carbocycles. The number of hydrogen-bond acceptors (Lipinski definition) is 7. The molecule has 0 radical (unpaired) electrons. The number of nitrogens with zero attached hydrogens (tertiary/aromatic N) is 5. The van der Waals surface area contributed by atoms with E-state index in [2.05, 4.69) is 15.0 Å². The average Bonchev–Trinajstić information content (AvgIpc) is 3.36. The second-order valence-corrected chi connectivity index (χ2v) is 10.2. The summed E-state index contributed by atoms with van der Waals surface area (Å²) in [4.78, 5) is 38.0. The number of aromatic nitrogens is 5. The third-order valence-corrected chi connectivity index (χ3v) is 6.56. The molecular formula is C25H30N8O3. The van der Waals surface area contributed by atoms with E-state index in [0.717, 1.165) is 22.2 Å². The van der Waals surface area contributed by atoms with Gasteiger partial charge in [-0.1, -0.05) is 6.07 Å². The van der Waals surface area contributed by atoms with Crippen LogP contribution in [0.3, 0.4) is 0 Å². The van der Waals surface area contributed by atoms with Crippen molar-refractivity contribution in [2.24, 2.45) is 5.73 Å². The number of amides is 2. The summed E-state index contributed by atoms with van der Waals surface area (Å²) >= 11 is 0. The SMILES string of the molecule is Cc1c(-c2nn(C3CCN(C(=O)OC(C)(C)C)CC3)c3ncnc(N)c23)[nH]c2cc(C(N)=O)ccc12. The minimum Gasteiger partial charge on any atom is -0.444 e. The fraction of sp³-hybridized carbons (Fsp3) is 0.400. The van der Waals surface area contributed by atoms with Gasteiger partial charge in [0.05, 0.1) is 17.1 Å². The Labute approximate surface area is 207 Å². The lowest BCUT2D eigenvalue weighted by Gasteiger charge is -2.33. The first kappa shape index (κ1) is 23.6. The van der Waals surface area contributed by atoms with Gasteiger partial charge in [0.25, 0.3) is 0 Å². The van der Waals surface area contributed by atoms with Crippen molar-refractivity contribution in [3.63, 3.8) is 0 Å². The molecule has 1 saturated heterocycles. The number of rotatable bonds is 3. The number of likely N-dealkylation sites (tertiary alicyclic amines) is 1. The van der Waals surface area contributed by atoms with Gasteiger partial charge in [-0.25, -0.2) is 19.4 Å². The molecule has 0 spiro atoms. The second kappa shape index (κ2) is 8.51. The van der Waals surface area contributed by atoms with Crippen LogP contribution in [-0.2, 0) is 4.74 Å². The zero-order chi connectivity index (χ0) is 25.8. The lowest BCUT2D eigenvalue weighted by Crippen LogP contribution is -2.42. The summed E-state index contributed by atoms with van der Waals surface area (Å²) in [6.07, 6.45) is 2.54. The Morgan fingerprint density at radius 3 is 2.56 bits per heavy atom. The third kappa shape index (κ3) is 4.10. The van der Waals surface area contributed by atoms with Crippen molar-refractivity contribution < 1.29 is 14.3 Å². The van der Waals surface area contributed by atoms with E-state index in [1.807, 2.05) is 38.4 Å². The highest BCUT2D eigenvalue weighted by Gasteiger charge is 2.30. The van der Waals surface area contributed by atoms with E-state index in [1.54, 1.807) is 17.0 Å². The first-order valence-electron chi connectivity index (χ1n) is 11.9. The molecule has 4 heterocycles. The molecule has 2 amide bonds. The normalized spacial score (nSPS) is 15.1. The highest BCUT2D eigenvalue weighted by Crippen LogP contribution is 2.37. The van der Waals surface area contributed by atoms with Gasteiger partial charge in [-0.05, 0) is 58.2 Å². The molecule has 5 rings (SSSR count). The van der Waals surface area contributed by atoms with Crippen molar-refractivity contribution in [1.29, 1.82) is 0 Å². The zero-order valence-electron chi connectivity index (χ0n) is 20.8. The lowest BCUT2D eigenvalue weighted by molar-refractivity contribution is 0.0186. The van der Waals surface area contributed by atoms with Crippen LogP contribution in [0.4, 0.5) is 10.6 Å². The van der Waals surface area contributed by atoms with Crippen LogP contribution in [0.2, 0.25) is 0 Å². The van der Waals surface area contributed by atoms with E-state index in [4.69, 9.17) is 21.3 Å². The number of nitrogens with two attached hydrogens (primary N) is 2. The minimum absolute atomic E-state index is 0.0281. The van der Waals surface area contributed by atoms with Crippen LogP contribution in [-0.4, -0.2) is 60.3 Å². The van der Waals surface area contributed by atoms with Crippen LogP contribution >= 0.6 is 0 Å². The zero-order valence-corrected chi connectivity index (χ0v) is 20.8. The molecule has 0 atom stereocenters. The molecule has 0 aliphatic carbocycles. The van der Waals surface area contributed by atoms with E-state index in [1.165, 1.54) is 6.33 Å². The highest BCUT2D eigenvalue weighted by molar-refractivity contribution is 6.03. The highest BCUT2D eigenvalue weighted by atomic mass is 16.6. The summed E-state index contributed by atoms with van der Waals surface area (Å²) in [6, 6.07) is 5.35. The van der Waals surface area contributed by atoms with Gasteiger partial charge < -0.3 is 26.1 Å². The average molecular weight is 491 g/mol. The number of H-pyrrole nitrogens is 1. The number of anilines is 1. The van der Waals surface area contributed by atoms with Crippen molar-refractivity contribution in [2.45, 2.75) is 52.2 Å². The van der Waals surface area contributed by atoms with E-state index in [0.29, 0.717) is 54.0 Å². The summed E-state index contributed by atoms with van der Waals surface area (Å²) in [5.41, 5.74) is 15.5. The van der Waals surface area contributed by atoms with Gasteiger partial charge in [0.2, 0.25) is 5.91 Å². The molecule has 5 N–H and O–H groups in total. The van der Waals surface area contributed by atoms with Gasteiger partial charge in [-0.2, -0.15) is 5.10 Å². The minimum atomic E-state index is -0.537. The molecule has 36 heavy (non-hydrogen) atoms. The van der Waals surface area contributed by atoms with E-state index in [-0.39, 0.29) is 12.1 Å². The predicted molar refractivity (Wildman–Crippen MR) is 136 cm³/mol. The van der Waals surface area contributed by atoms with E-state index >= 15 is 0 Å². The summed E-state index contributed by atoms with van der Waals surface area (Å²) in [6.45, 7) is 8.68. The first-order chi connectivity index (χ1) is 17.0. The summed E-state index contributed by atoms with van der Waals surface area (Å²) < 4.78 is 7.42. The number of piperidine rings is 1. The number of ether oxygens (including phenoxy) is 1. The topological polar surface area (TPSA) is 158 Å². The molecule has 0 unspecified atom stereocenters. The Morgan fingerprint density at radius 1 is 1.17 bits per heavy atom. The number of aryl methyl sites for hydroxylation is 1. The van der Waals surface area contributed by atoms with Gasteiger partial charge in [0.15, 0.2) is 5.65 Å². The standard InChI is InChI=1S/C25H30N8O3/c1-13-16-6-5-14(22(27)34)11-17(16)30-19(13)20-18-21(26)28-12-29-23(18)33(31-20)15-7-9-32(10-8-15)24(35)36-25(2,3)4/h5-6,11-12,15,30H,7-10H2,1-4H3,(H2,27,34)(H2,26,28,29). The molecule has 1 aliphatic rings. The molecule has 1 fully saturated rings. The molecule has 4 aromatic rings. The summed E-state index contributed by atoms with van der Waals surface area (Å²) in [7, 11) is 0. The molecule has 1 aromatic carbocycles. The Bertz CT molecular complexity index is 1490. The Kier molecular flexibility index (Phi) is 5.57. The maximum Gasteiger partial charge on any atom is 0.410 e. The number of carbonyl (C=O) groups is 2. The number of fused-ring (bicyclic) bond motifs is 2. The first-order valence-corrected chi connectivity index (χ1v) is 11.9. The van der Waals surface area contributed by atoms with Crippen molar-refractivity contribution in [3.05, 3.63) is 35.7 Å². The molecule has 3 aromatic heterocycles. The lowest BCUT2D eigenvalue weighted by atomic mass is 10.1. The number of nitrogen functional groups attached to an aromatic ring is 1. The van der Waals surface area contributed by atoms with Crippen molar-refractivity contribution >= 4 is 39.8 Å². The second-order valence-electron chi connectivity index (χ2n) is 10.2. The van der Waals surface area contributed by atoms with Crippen LogP contribution < -0.4 is 11.5 Å². The largest absolute Gasteiger partial charge is 0.444 e. The maximum atomic E-state index is 12.5. The summed E-state index contributed by atoms with van der Waals surface area (Å²) in [5, 5.41) is 6.58. The molecule has 11 heteroatoms. The van der Waals surface area contributed by atoms with Crippen LogP contribution in [0, 0.1) is 6.92 Å². The van der Waals surface area contributed by atoms with Crippen molar-refractivity contribution in [1.82, 2.24) is 29.6 Å². The number of carbonyl (C=O) groups excluding carboxylic acids is 2. The number of primary amides is 1. The summed E-state index contributed by atoms with van der Waals surface area (Å²) in [5.74, 6) is -0.154. The van der Waals surface area contributed by atoms with E-state index < -0.39 is 11.5 Å². The molecule has 188 valence electrons. The molecule has 1 aliphatic heterocycles. The number of hydrogen-bond donors (Lipinski definition) is 3. The van der Waals surface area contributed by atoms with Gasteiger partial charge in [-0.3, -0.25) is 4.79 Å². The quantitative estimate of drug-likeness (QED) is 0.396. The maximum absolute atomic E-state index is 12.5. The molecule has 11 nitrogen and oxygen atoms in total. The smallest absolute Gasteiger partial charge is 0.410 e. The van der Waals surface area contributed by atoms with Crippen molar-refractivity contribution in [2.75, 3.05) is 18.8 Å². The fourth-order valence-corrected chi connectivity index (χ4v) is 4.77.